The van der Waals surface area contributed by atoms with Gasteiger partial charge in [-0.3, -0.25) is 9.69 Å². The molecule has 0 saturated heterocycles. The van der Waals surface area contributed by atoms with Crippen LogP contribution in [0.1, 0.15) is 35.5 Å². The Morgan fingerprint density at radius 3 is 2.33 bits per heavy atom. The van der Waals surface area contributed by atoms with E-state index in [9.17, 15) is 9.90 Å². The van der Waals surface area contributed by atoms with Gasteiger partial charge >= 0.3 is 0 Å². The van der Waals surface area contributed by atoms with Gasteiger partial charge in [0.05, 0.1) is 25.4 Å². The maximum Gasteiger partial charge on any atom is 0.271 e. The number of aliphatic hydroxyl groups is 1. The van der Waals surface area contributed by atoms with Crippen molar-refractivity contribution in [2.45, 2.75) is 39.1 Å². The molecule has 3 atom stereocenters. The fourth-order valence-electron chi connectivity index (χ4n) is 6.64. The first-order valence-corrected chi connectivity index (χ1v) is 15.9. The Morgan fingerprint density at radius 1 is 0.911 bits per heavy atom. The van der Waals surface area contributed by atoms with Crippen LogP contribution in [-0.4, -0.2) is 64.3 Å². The highest BCUT2D eigenvalue weighted by atomic mass is 16.5. The number of hydrogen-bond acceptors (Lipinski definition) is 4. The minimum absolute atomic E-state index is 0.0225. The number of para-hydroxylation sites is 1. The molecule has 0 saturated carbocycles. The van der Waals surface area contributed by atoms with E-state index in [-0.39, 0.29) is 30.6 Å². The molecule has 5 aromatic rings. The van der Waals surface area contributed by atoms with Gasteiger partial charge in [-0.15, -0.1) is 0 Å². The predicted molar refractivity (Wildman–Crippen MR) is 182 cm³/mol. The summed E-state index contributed by atoms with van der Waals surface area (Å²) in [5.74, 6) is -0.0475. The van der Waals surface area contributed by atoms with Crippen molar-refractivity contribution in [1.29, 1.82) is 0 Å². The van der Waals surface area contributed by atoms with Crippen molar-refractivity contribution in [3.8, 4) is 22.3 Å². The molecule has 232 valence electrons. The van der Waals surface area contributed by atoms with E-state index in [2.05, 4.69) is 91.7 Å². The third kappa shape index (κ3) is 6.32. The number of nitrogens with zero attached hydrogens (tertiary/aromatic N) is 3. The van der Waals surface area contributed by atoms with Crippen molar-refractivity contribution in [3.63, 3.8) is 0 Å². The van der Waals surface area contributed by atoms with Crippen molar-refractivity contribution in [2.75, 3.05) is 26.7 Å². The van der Waals surface area contributed by atoms with E-state index in [1.807, 2.05) is 53.8 Å². The second kappa shape index (κ2) is 13.4. The number of hydrogen-bond donors (Lipinski definition) is 1. The van der Waals surface area contributed by atoms with Gasteiger partial charge in [-0.05, 0) is 47.9 Å². The summed E-state index contributed by atoms with van der Waals surface area (Å²) in [6, 6.07) is 35.3. The highest BCUT2D eigenvalue weighted by molar-refractivity contribution is 6.10. The van der Waals surface area contributed by atoms with E-state index in [1.165, 1.54) is 16.7 Å². The van der Waals surface area contributed by atoms with Crippen LogP contribution in [0.4, 0.5) is 0 Å². The molecule has 0 unspecified atom stereocenters. The molecule has 6 nitrogen and oxygen atoms in total. The van der Waals surface area contributed by atoms with Gasteiger partial charge in [0.1, 0.15) is 5.69 Å². The Morgan fingerprint density at radius 2 is 1.58 bits per heavy atom. The van der Waals surface area contributed by atoms with Crippen molar-refractivity contribution < 1.29 is 14.6 Å². The van der Waals surface area contributed by atoms with E-state index in [1.54, 1.807) is 0 Å². The summed E-state index contributed by atoms with van der Waals surface area (Å²) in [7, 11) is 4.09. The zero-order chi connectivity index (χ0) is 31.5. The van der Waals surface area contributed by atoms with Gasteiger partial charge in [0.15, 0.2) is 0 Å². The molecule has 1 aromatic heterocycles. The average molecular weight is 602 g/mol. The summed E-state index contributed by atoms with van der Waals surface area (Å²) in [4.78, 5) is 18.7. The lowest BCUT2D eigenvalue weighted by atomic mass is 9.96. The standard InChI is InChI=1S/C39H43N3O3/c1-27-22-42(28(2)25-43)39(44)38-37(34-16-10-11-17-35(34)41(38)4)33-15-9-8-14-32(33)26-45-36(27)24-40(3)23-29-18-20-31(21-19-29)30-12-6-5-7-13-30/h5-21,27-28,36,43H,22-26H2,1-4H3/t27-,28-,36-/m0/s1. The number of carbonyl (C=O) groups is 1. The summed E-state index contributed by atoms with van der Waals surface area (Å²) in [6.07, 6.45) is -0.134. The fraction of sp³-hybridized carbons (Fsp3) is 0.308. The zero-order valence-electron chi connectivity index (χ0n) is 26.7. The fourth-order valence-corrected chi connectivity index (χ4v) is 6.64. The van der Waals surface area contributed by atoms with Crippen LogP contribution in [0.3, 0.4) is 0 Å². The van der Waals surface area contributed by atoms with E-state index < -0.39 is 0 Å². The smallest absolute Gasteiger partial charge is 0.271 e. The number of ether oxygens (including phenoxy) is 1. The average Bonchev–Trinajstić information content (AvgIpc) is 3.36. The van der Waals surface area contributed by atoms with Crippen LogP contribution in [0.2, 0.25) is 0 Å². The number of likely N-dealkylation sites (N-methyl/N-ethyl adjacent to an activating group) is 1. The first-order chi connectivity index (χ1) is 21.9. The molecule has 0 radical (unpaired) electrons. The summed E-state index contributed by atoms with van der Waals surface area (Å²) in [6.45, 7) is 6.37. The van der Waals surface area contributed by atoms with E-state index in [0.29, 0.717) is 25.4 Å². The molecule has 2 heterocycles. The number of aryl methyl sites for hydroxylation is 1. The van der Waals surface area contributed by atoms with Crippen LogP contribution >= 0.6 is 0 Å². The van der Waals surface area contributed by atoms with Crippen molar-refractivity contribution >= 4 is 16.8 Å². The topological polar surface area (TPSA) is 57.9 Å². The van der Waals surface area contributed by atoms with E-state index in [4.69, 9.17) is 4.74 Å². The van der Waals surface area contributed by atoms with Gasteiger partial charge in [-0.2, -0.15) is 0 Å². The third-order valence-electron chi connectivity index (χ3n) is 9.23. The maximum atomic E-state index is 14.6. The number of fused-ring (bicyclic) bond motifs is 5. The summed E-state index contributed by atoms with van der Waals surface area (Å²) < 4.78 is 8.79. The molecule has 1 N–H and O–H groups in total. The summed E-state index contributed by atoms with van der Waals surface area (Å²) >= 11 is 0. The number of rotatable bonds is 7. The minimum atomic E-state index is -0.344. The lowest BCUT2D eigenvalue weighted by Crippen LogP contribution is -2.47. The molecule has 0 spiro atoms. The molecule has 45 heavy (non-hydrogen) atoms. The Labute approximate surface area is 266 Å². The van der Waals surface area contributed by atoms with Crippen LogP contribution in [0.5, 0.6) is 0 Å². The first-order valence-electron chi connectivity index (χ1n) is 15.9. The van der Waals surface area contributed by atoms with Gasteiger partial charge in [-0.1, -0.05) is 104 Å². The third-order valence-corrected chi connectivity index (χ3v) is 9.23. The van der Waals surface area contributed by atoms with Crippen LogP contribution in [0, 0.1) is 5.92 Å². The van der Waals surface area contributed by atoms with E-state index in [0.717, 1.165) is 34.1 Å². The molecule has 0 bridgehead atoms. The largest absolute Gasteiger partial charge is 0.394 e. The second-order valence-corrected chi connectivity index (χ2v) is 12.5. The van der Waals surface area contributed by atoms with E-state index >= 15 is 0 Å². The first kappa shape index (κ1) is 30.8. The lowest BCUT2D eigenvalue weighted by molar-refractivity contribution is -0.0242. The van der Waals surface area contributed by atoms with Crippen molar-refractivity contribution in [2.24, 2.45) is 13.0 Å². The molecular formula is C39H43N3O3. The van der Waals surface area contributed by atoms with Crippen LogP contribution in [-0.2, 0) is 24.9 Å². The molecule has 6 heteroatoms. The Hall–Kier alpha value is -4.23. The molecule has 4 aromatic carbocycles. The van der Waals surface area contributed by atoms with Gasteiger partial charge in [0.2, 0.25) is 0 Å². The number of benzene rings is 4. The minimum Gasteiger partial charge on any atom is -0.394 e. The van der Waals surface area contributed by atoms with Gasteiger partial charge in [0, 0.05) is 49.1 Å². The van der Waals surface area contributed by atoms with Gasteiger partial charge in [-0.25, -0.2) is 0 Å². The zero-order valence-corrected chi connectivity index (χ0v) is 26.7. The highest BCUT2D eigenvalue weighted by Gasteiger charge is 2.33. The predicted octanol–water partition coefficient (Wildman–Crippen LogP) is 7.00. The highest BCUT2D eigenvalue weighted by Crippen LogP contribution is 2.38. The van der Waals surface area contributed by atoms with Gasteiger partial charge < -0.3 is 19.3 Å². The molecule has 1 amide bonds. The van der Waals surface area contributed by atoms with Crippen molar-refractivity contribution in [1.82, 2.24) is 14.4 Å². The van der Waals surface area contributed by atoms with Gasteiger partial charge in [0.25, 0.3) is 5.91 Å². The molecule has 1 aliphatic rings. The van der Waals surface area contributed by atoms with Crippen LogP contribution in [0.25, 0.3) is 33.2 Å². The Kier molecular flexibility index (Phi) is 9.17. The van der Waals surface area contributed by atoms with Crippen molar-refractivity contribution in [3.05, 3.63) is 120 Å². The SMILES string of the molecule is C[C@H]1CN([C@@H](C)CO)C(=O)c2c(c3ccccc3n2C)-c2ccccc2CO[C@H]1CN(C)Cc1ccc(-c2ccccc2)cc1. The Bertz CT molecular complexity index is 1760. The quantitative estimate of drug-likeness (QED) is 0.218. The normalized spacial score (nSPS) is 18.0. The Balaban J connectivity index is 1.31. The number of carbonyl (C=O) groups excluding carboxylic acids is 1. The lowest BCUT2D eigenvalue weighted by Gasteiger charge is -2.35. The maximum absolute atomic E-state index is 14.6. The molecule has 0 aliphatic carbocycles. The number of aromatic nitrogens is 1. The molecular weight excluding hydrogens is 558 g/mol. The second-order valence-electron chi connectivity index (χ2n) is 12.5. The summed E-state index contributed by atoms with van der Waals surface area (Å²) in [5.41, 5.74) is 8.29. The molecule has 0 fully saturated rings. The molecule has 6 rings (SSSR count). The number of amides is 1. The summed E-state index contributed by atoms with van der Waals surface area (Å²) in [5, 5.41) is 11.3. The number of aliphatic hydroxyl groups excluding tert-OH is 1. The monoisotopic (exact) mass is 601 g/mol. The molecule has 1 aliphatic heterocycles. The van der Waals surface area contributed by atoms with Crippen LogP contribution in [0.15, 0.2) is 103 Å². The van der Waals surface area contributed by atoms with Crippen LogP contribution < -0.4 is 0 Å².